The molecule has 0 saturated carbocycles. The van der Waals surface area contributed by atoms with Crippen LogP contribution in [0.25, 0.3) is 0 Å². The maximum atomic E-state index is 11.2. The molecule has 1 N–H and O–H groups in total. The molecule has 0 aliphatic rings. The van der Waals surface area contributed by atoms with E-state index in [-0.39, 0.29) is 17.9 Å². The fraction of sp³-hybridized carbons (Fsp3) is 0.200. The van der Waals surface area contributed by atoms with E-state index in [0.29, 0.717) is 5.33 Å². The fourth-order valence-electron chi connectivity index (χ4n) is 1.03. The molecule has 0 heterocycles. The molecule has 7 nitrogen and oxygen atoms in total. The van der Waals surface area contributed by atoms with E-state index in [1.54, 1.807) is 0 Å². The molecule has 96 valence electrons. The van der Waals surface area contributed by atoms with Crippen molar-refractivity contribution in [3.8, 4) is 5.75 Å². The van der Waals surface area contributed by atoms with Crippen molar-refractivity contribution in [1.82, 2.24) is 5.32 Å². The van der Waals surface area contributed by atoms with Gasteiger partial charge in [-0.1, -0.05) is 15.9 Å². The summed E-state index contributed by atoms with van der Waals surface area (Å²) in [6.07, 6.45) is -0.773. The van der Waals surface area contributed by atoms with Crippen LogP contribution < -0.4 is 10.1 Å². The second-order valence-electron chi connectivity index (χ2n) is 3.13. The Kier molecular flexibility index (Phi) is 5.25. The molecule has 0 unspecified atom stereocenters. The molecule has 0 fully saturated rings. The van der Waals surface area contributed by atoms with Crippen LogP contribution in [0.4, 0.5) is 10.5 Å². The normalized spacial score (nSPS) is 9.61. The fourth-order valence-corrected chi connectivity index (χ4v) is 1.39. The number of ether oxygens (including phenoxy) is 1. The van der Waals surface area contributed by atoms with Crippen LogP contribution >= 0.6 is 15.9 Å². The summed E-state index contributed by atoms with van der Waals surface area (Å²) in [5.41, 5.74) is -0.113. The molecule has 8 heteroatoms. The van der Waals surface area contributed by atoms with E-state index in [2.05, 4.69) is 15.9 Å². The van der Waals surface area contributed by atoms with Gasteiger partial charge in [0.2, 0.25) is 5.91 Å². The summed E-state index contributed by atoms with van der Waals surface area (Å²) in [6, 6.07) is 4.94. The Morgan fingerprint density at radius 1 is 1.33 bits per heavy atom. The van der Waals surface area contributed by atoms with Crippen molar-refractivity contribution >= 4 is 33.6 Å². The van der Waals surface area contributed by atoms with Crippen LogP contribution in [-0.2, 0) is 4.79 Å². The Morgan fingerprint density at radius 2 is 1.94 bits per heavy atom. The van der Waals surface area contributed by atoms with Crippen molar-refractivity contribution in [3.63, 3.8) is 0 Å². The van der Waals surface area contributed by atoms with E-state index >= 15 is 0 Å². The molecule has 1 rings (SSSR count). The highest BCUT2D eigenvalue weighted by atomic mass is 79.9. The lowest BCUT2D eigenvalue weighted by Crippen LogP contribution is -2.32. The highest BCUT2D eigenvalue weighted by Crippen LogP contribution is 2.17. The van der Waals surface area contributed by atoms with Gasteiger partial charge >= 0.3 is 6.09 Å². The van der Waals surface area contributed by atoms with Gasteiger partial charge in [0.05, 0.1) is 4.92 Å². The Labute approximate surface area is 110 Å². The SMILES string of the molecule is O=C(CCBr)NC(=O)Oc1ccc([N+](=O)[O-])cc1. The van der Waals surface area contributed by atoms with Crippen LogP contribution in [0.3, 0.4) is 0 Å². The molecule has 0 aliphatic carbocycles. The van der Waals surface area contributed by atoms with Crippen molar-refractivity contribution in [2.24, 2.45) is 0 Å². The average molecular weight is 317 g/mol. The van der Waals surface area contributed by atoms with E-state index in [0.717, 1.165) is 0 Å². The van der Waals surface area contributed by atoms with Gasteiger partial charge < -0.3 is 4.74 Å². The summed E-state index contributed by atoms with van der Waals surface area (Å²) < 4.78 is 4.76. The summed E-state index contributed by atoms with van der Waals surface area (Å²) in [6.45, 7) is 0. The zero-order valence-corrected chi connectivity index (χ0v) is 10.7. The number of nitrogens with zero attached hydrogens (tertiary/aromatic N) is 1. The second kappa shape index (κ2) is 6.70. The molecule has 2 amide bonds. The van der Waals surface area contributed by atoms with Gasteiger partial charge in [-0.05, 0) is 12.1 Å². The molecule has 0 aromatic heterocycles. The van der Waals surface area contributed by atoms with Crippen molar-refractivity contribution in [1.29, 1.82) is 0 Å². The first-order chi connectivity index (χ1) is 8.52. The number of alkyl halides is 1. The van der Waals surface area contributed by atoms with Crippen molar-refractivity contribution < 1.29 is 19.2 Å². The summed E-state index contributed by atoms with van der Waals surface area (Å²) >= 11 is 3.05. The number of hydrogen-bond donors (Lipinski definition) is 1. The quantitative estimate of drug-likeness (QED) is 0.520. The first-order valence-electron chi connectivity index (χ1n) is 4.85. The average Bonchev–Trinajstić information content (AvgIpc) is 2.29. The van der Waals surface area contributed by atoms with Gasteiger partial charge in [0, 0.05) is 23.9 Å². The third-order valence-corrected chi connectivity index (χ3v) is 2.22. The van der Waals surface area contributed by atoms with Gasteiger partial charge in [-0.2, -0.15) is 0 Å². The van der Waals surface area contributed by atoms with Crippen LogP contribution in [0.5, 0.6) is 5.75 Å². The van der Waals surface area contributed by atoms with Crippen LogP contribution in [0, 0.1) is 10.1 Å². The second-order valence-corrected chi connectivity index (χ2v) is 3.92. The van der Waals surface area contributed by atoms with Gasteiger partial charge in [0.25, 0.3) is 5.69 Å². The number of benzene rings is 1. The minimum atomic E-state index is -0.921. The maximum Gasteiger partial charge on any atom is 0.419 e. The number of hydrogen-bond acceptors (Lipinski definition) is 5. The van der Waals surface area contributed by atoms with Crippen LogP contribution in [0.15, 0.2) is 24.3 Å². The molecular formula is C10H9BrN2O5. The van der Waals surface area contributed by atoms with E-state index < -0.39 is 16.9 Å². The zero-order valence-electron chi connectivity index (χ0n) is 9.09. The van der Waals surface area contributed by atoms with Gasteiger partial charge in [-0.3, -0.25) is 20.2 Å². The van der Waals surface area contributed by atoms with E-state index in [1.807, 2.05) is 5.32 Å². The molecular weight excluding hydrogens is 308 g/mol. The topological polar surface area (TPSA) is 98.5 Å². The number of halogens is 1. The predicted molar refractivity (Wildman–Crippen MR) is 65.7 cm³/mol. The predicted octanol–water partition coefficient (Wildman–Crippen LogP) is 1.99. The lowest BCUT2D eigenvalue weighted by Gasteiger charge is -2.04. The Morgan fingerprint density at radius 3 is 2.44 bits per heavy atom. The van der Waals surface area contributed by atoms with Gasteiger partial charge in [0.1, 0.15) is 5.75 Å². The van der Waals surface area contributed by atoms with E-state index in [4.69, 9.17) is 4.74 Å². The minimum absolute atomic E-state index is 0.113. The van der Waals surface area contributed by atoms with Crippen LogP contribution in [0.1, 0.15) is 6.42 Å². The number of rotatable bonds is 4. The number of carbonyl (C=O) groups is 2. The zero-order chi connectivity index (χ0) is 13.5. The molecule has 0 saturated heterocycles. The number of nitro benzene ring substituents is 1. The number of imide groups is 1. The van der Waals surface area contributed by atoms with E-state index in [9.17, 15) is 19.7 Å². The summed E-state index contributed by atoms with van der Waals surface area (Å²) in [5, 5.41) is 12.8. The smallest absolute Gasteiger partial charge is 0.410 e. The number of amides is 2. The Hall–Kier alpha value is -1.96. The molecule has 0 radical (unpaired) electrons. The summed E-state index contributed by atoms with van der Waals surface area (Å²) in [7, 11) is 0. The number of non-ortho nitro benzene ring substituents is 1. The monoisotopic (exact) mass is 316 g/mol. The number of nitro groups is 1. The van der Waals surface area contributed by atoms with Crippen LogP contribution in [-0.4, -0.2) is 22.3 Å². The molecule has 0 atom stereocenters. The first kappa shape index (κ1) is 14.1. The maximum absolute atomic E-state index is 11.2. The molecule has 1 aromatic rings. The van der Waals surface area contributed by atoms with Gasteiger partial charge in [0.15, 0.2) is 0 Å². The van der Waals surface area contributed by atoms with Gasteiger partial charge in [-0.25, -0.2) is 4.79 Å². The van der Waals surface area contributed by atoms with Crippen molar-refractivity contribution in [2.45, 2.75) is 6.42 Å². The molecule has 0 spiro atoms. The number of nitrogens with one attached hydrogen (secondary N) is 1. The molecule has 18 heavy (non-hydrogen) atoms. The summed E-state index contributed by atoms with van der Waals surface area (Å²) in [5.74, 6) is -0.358. The Balaban J connectivity index is 2.54. The lowest BCUT2D eigenvalue weighted by atomic mass is 10.3. The van der Waals surface area contributed by atoms with E-state index in [1.165, 1.54) is 24.3 Å². The number of carbonyl (C=O) groups excluding carboxylic acids is 2. The summed E-state index contributed by atoms with van der Waals surface area (Å²) in [4.78, 5) is 32.1. The van der Waals surface area contributed by atoms with Gasteiger partial charge in [-0.15, -0.1) is 0 Å². The lowest BCUT2D eigenvalue weighted by molar-refractivity contribution is -0.384. The Bertz CT molecular complexity index is 460. The van der Waals surface area contributed by atoms with Crippen molar-refractivity contribution in [2.75, 3.05) is 5.33 Å². The van der Waals surface area contributed by atoms with Crippen molar-refractivity contribution in [3.05, 3.63) is 34.4 Å². The highest BCUT2D eigenvalue weighted by molar-refractivity contribution is 9.09. The van der Waals surface area contributed by atoms with Crippen LogP contribution in [0.2, 0.25) is 0 Å². The largest absolute Gasteiger partial charge is 0.419 e. The first-order valence-corrected chi connectivity index (χ1v) is 5.97. The molecule has 1 aromatic carbocycles. The highest BCUT2D eigenvalue weighted by Gasteiger charge is 2.10. The minimum Gasteiger partial charge on any atom is -0.410 e. The third-order valence-electron chi connectivity index (χ3n) is 1.82. The third kappa shape index (κ3) is 4.50. The molecule has 0 bridgehead atoms. The molecule has 0 aliphatic heterocycles. The standard InChI is InChI=1S/C10H9BrN2O5/c11-6-5-9(14)12-10(15)18-8-3-1-7(2-4-8)13(16)17/h1-4H,5-6H2,(H,12,14,15).